The third kappa shape index (κ3) is 5.95. The first-order valence-electron chi connectivity index (χ1n) is 11.9. The molecular weight excluding hydrogens is 479 g/mol. The number of benzene rings is 2. The summed E-state index contributed by atoms with van der Waals surface area (Å²) < 4.78 is 20.6. The molecule has 1 aliphatic heterocycles. The van der Waals surface area contributed by atoms with Crippen LogP contribution in [0.2, 0.25) is 0 Å². The molecule has 1 amide bonds. The van der Waals surface area contributed by atoms with Crippen LogP contribution in [0.1, 0.15) is 28.2 Å². The van der Waals surface area contributed by atoms with Crippen LogP contribution in [0.3, 0.4) is 0 Å². The van der Waals surface area contributed by atoms with E-state index in [0.717, 1.165) is 49.1 Å². The lowest BCUT2D eigenvalue weighted by Crippen LogP contribution is -2.36. The summed E-state index contributed by atoms with van der Waals surface area (Å²) in [4.78, 5) is 22.1. The highest BCUT2D eigenvalue weighted by molar-refractivity contribution is 7.13. The molecule has 0 saturated carbocycles. The molecule has 1 fully saturated rings. The maximum absolute atomic E-state index is 13.6. The Kier molecular flexibility index (Phi) is 7.63. The molecule has 2 aromatic heterocycles. The average molecular weight is 507 g/mol. The highest BCUT2D eigenvalue weighted by Gasteiger charge is 2.21. The number of nitrogens with zero attached hydrogens (tertiary/aromatic N) is 6. The molecule has 1 saturated heterocycles. The zero-order valence-corrected chi connectivity index (χ0v) is 20.6. The van der Waals surface area contributed by atoms with Gasteiger partial charge in [-0.2, -0.15) is 0 Å². The van der Waals surface area contributed by atoms with Gasteiger partial charge in [-0.05, 0) is 42.7 Å². The van der Waals surface area contributed by atoms with E-state index in [-0.39, 0.29) is 17.4 Å². The minimum atomic E-state index is -0.349. The smallest absolute Gasteiger partial charge is 0.280 e. The molecule has 0 aliphatic carbocycles. The first kappa shape index (κ1) is 24.1. The van der Waals surface area contributed by atoms with Gasteiger partial charge in [0.05, 0.1) is 31.6 Å². The Hall–Kier alpha value is -3.63. The third-order valence-corrected chi connectivity index (χ3v) is 6.91. The van der Waals surface area contributed by atoms with Crippen molar-refractivity contribution in [3.63, 3.8) is 0 Å². The summed E-state index contributed by atoms with van der Waals surface area (Å²) >= 11 is 1.64. The van der Waals surface area contributed by atoms with E-state index in [2.05, 4.69) is 20.6 Å². The molecule has 8 nitrogen and oxygen atoms in total. The quantitative estimate of drug-likeness (QED) is 0.341. The van der Waals surface area contributed by atoms with Gasteiger partial charge in [0.15, 0.2) is 10.8 Å². The zero-order valence-electron chi connectivity index (χ0n) is 19.8. The van der Waals surface area contributed by atoms with E-state index in [4.69, 9.17) is 9.72 Å². The number of aromatic nitrogens is 4. The number of carbonyl (C=O) groups is 1. The van der Waals surface area contributed by atoms with Crippen LogP contribution in [0.15, 0.2) is 66.2 Å². The van der Waals surface area contributed by atoms with Gasteiger partial charge in [-0.15, -0.1) is 16.4 Å². The molecule has 5 rings (SSSR count). The number of thiazole rings is 1. The van der Waals surface area contributed by atoms with Gasteiger partial charge in [-0.3, -0.25) is 4.79 Å². The summed E-state index contributed by atoms with van der Waals surface area (Å²) in [6.07, 6.45) is 3.08. The van der Waals surface area contributed by atoms with E-state index in [1.165, 1.54) is 12.1 Å². The van der Waals surface area contributed by atoms with Crippen LogP contribution < -0.4 is 9.80 Å². The molecule has 3 heterocycles. The lowest BCUT2D eigenvalue weighted by Gasteiger charge is -2.26. The molecule has 1 aliphatic rings. The maximum Gasteiger partial charge on any atom is 0.280 e. The van der Waals surface area contributed by atoms with Gasteiger partial charge >= 0.3 is 0 Å². The zero-order chi connectivity index (χ0) is 24.7. The van der Waals surface area contributed by atoms with Crippen molar-refractivity contribution < 1.29 is 13.9 Å². The highest BCUT2D eigenvalue weighted by Crippen LogP contribution is 2.23. The number of amides is 1. The van der Waals surface area contributed by atoms with E-state index >= 15 is 0 Å². The molecular formula is C26H27FN6O2S. The topological polar surface area (TPSA) is 76.4 Å². The molecule has 2 aromatic carbocycles. The van der Waals surface area contributed by atoms with Crippen LogP contribution >= 0.6 is 11.3 Å². The molecule has 0 N–H and O–H groups in total. The van der Waals surface area contributed by atoms with Gasteiger partial charge in [0, 0.05) is 30.7 Å². The number of ether oxygens (including phenoxy) is 1. The summed E-state index contributed by atoms with van der Waals surface area (Å²) in [5.74, 6) is -0.619. The van der Waals surface area contributed by atoms with E-state index in [0.29, 0.717) is 25.2 Å². The third-order valence-electron chi connectivity index (χ3n) is 5.96. The number of rotatable bonds is 9. The first-order valence-corrected chi connectivity index (χ1v) is 12.8. The Balaban J connectivity index is 1.26. The van der Waals surface area contributed by atoms with Crippen molar-refractivity contribution >= 4 is 28.1 Å². The van der Waals surface area contributed by atoms with E-state index in [1.807, 2.05) is 30.3 Å². The summed E-state index contributed by atoms with van der Waals surface area (Å²) in [6, 6.07) is 15.8. The Bertz CT molecular complexity index is 1270. The second-order valence-electron chi connectivity index (χ2n) is 8.54. The number of hydrogen-bond acceptors (Lipinski definition) is 7. The van der Waals surface area contributed by atoms with Gasteiger partial charge in [0.2, 0.25) is 0 Å². The lowest BCUT2D eigenvalue weighted by atomic mass is 10.2. The standard InChI is InChI=1S/C26H27FN6O2S/c27-21-8-10-23(11-9-21)33(12-4-7-22-19-36-26(28-22)31-13-15-35-16-14-31)25(34)24-18-32(30-29-24)17-20-5-2-1-3-6-20/h1-3,5-6,8-11,18-19H,4,7,12-17H2. The molecule has 10 heteroatoms. The van der Waals surface area contributed by atoms with Crippen molar-refractivity contribution in [1.29, 1.82) is 0 Å². The van der Waals surface area contributed by atoms with Gasteiger partial charge in [-0.1, -0.05) is 35.5 Å². The van der Waals surface area contributed by atoms with E-state index in [9.17, 15) is 9.18 Å². The summed E-state index contributed by atoms with van der Waals surface area (Å²) in [7, 11) is 0. The highest BCUT2D eigenvalue weighted by atomic mass is 32.1. The van der Waals surface area contributed by atoms with Crippen LogP contribution in [0.25, 0.3) is 0 Å². The van der Waals surface area contributed by atoms with Crippen LogP contribution in [0.5, 0.6) is 0 Å². The fourth-order valence-corrected chi connectivity index (χ4v) is 4.99. The van der Waals surface area contributed by atoms with Crippen molar-refractivity contribution in [2.45, 2.75) is 19.4 Å². The molecule has 186 valence electrons. The molecule has 0 bridgehead atoms. The summed E-state index contributed by atoms with van der Waals surface area (Å²) in [6.45, 7) is 4.11. The molecule has 0 atom stereocenters. The van der Waals surface area contributed by atoms with Crippen LogP contribution in [0.4, 0.5) is 15.2 Å². The van der Waals surface area contributed by atoms with Crippen molar-refractivity contribution in [3.8, 4) is 0 Å². The second-order valence-corrected chi connectivity index (χ2v) is 9.38. The monoisotopic (exact) mass is 506 g/mol. The lowest BCUT2D eigenvalue weighted by molar-refractivity contribution is 0.0981. The predicted octanol–water partition coefficient (Wildman–Crippen LogP) is 4.04. The van der Waals surface area contributed by atoms with Crippen LogP contribution in [0, 0.1) is 5.82 Å². The Morgan fingerprint density at radius 1 is 1.08 bits per heavy atom. The number of anilines is 2. The Morgan fingerprint density at radius 2 is 1.86 bits per heavy atom. The maximum atomic E-state index is 13.6. The van der Waals surface area contributed by atoms with Crippen molar-refractivity contribution in [2.24, 2.45) is 0 Å². The SMILES string of the molecule is O=C(c1cn(Cc2ccccc2)nn1)N(CCCc1csc(N2CCOCC2)n1)c1ccc(F)cc1. The second kappa shape index (κ2) is 11.4. The number of morpholine rings is 1. The minimum Gasteiger partial charge on any atom is -0.378 e. The van der Waals surface area contributed by atoms with Gasteiger partial charge < -0.3 is 14.5 Å². The van der Waals surface area contributed by atoms with Crippen LogP contribution in [-0.2, 0) is 17.7 Å². The molecule has 0 radical (unpaired) electrons. The van der Waals surface area contributed by atoms with Crippen molar-refractivity contribution in [2.75, 3.05) is 42.6 Å². The fraction of sp³-hybridized carbons (Fsp3) is 0.308. The van der Waals surface area contributed by atoms with E-state index < -0.39 is 0 Å². The number of carbonyl (C=O) groups excluding carboxylic acids is 1. The molecule has 4 aromatic rings. The Morgan fingerprint density at radius 3 is 2.64 bits per heavy atom. The fourth-order valence-electron chi connectivity index (χ4n) is 4.08. The van der Waals surface area contributed by atoms with Gasteiger partial charge in [-0.25, -0.2) is 14.1 Å². The average Bonchev–Trinajstić information content (AvgIpc) is 3.58. The molecule has 0 spiro atoms. The number of aryl methyl sites for hydroxylation is 1. The van der Waals surface area contributed by atoms with Gasteiger partial charge in [0.1, 0.15) is 5.82 Å². The van der Waals surface area contributed by atoms with Crippen molar-refractivity contribution in [1.82, 2.24) is 20.0 Å². The number of halogens is 1. The van der Waals surface area contributed by atoms with Crippen molar-refractivity contribution in [3.05, 3.63) is 88.9 Å². The summed E-state index contributed by atoms with van der Waals surface area (Å²) in [5.41, 5.74) is 2.93. The largest absolute Gasteiger partial charge is 0.378 e. The summed E-state index contributed by atoms with van der Waals surface area (Å²) in [5, 5.41) is 11.3. The number of hydrogen-bond donors (Lipinski definition) is 0. The Labute approximate surface area is 212 Å². The van der Waals surface area contributed by atoms with Gasteiger partial charge in [0.25, 0.3) is 5.91 Å². The molecule has 0 unspecified atom stereocenters. The first-order chi connectivity index (χ1) is 17.7. The van der Waals surface area contributed by atoms with E-state index in [1.54, 1.807) is 39.2 Å². The predicted molar refractivity (Wildman–Crippen MR) is 137 cm³/mol. The normalized spacial score (nSPS) is 13.6. The molecule has 36 heavy (non-hydrogen) atoms. The minimum absolute atomic E-state index is 0.249. The van der Waals surface area contributed by atoms with Crippen LogP contribution in [-0.4, -0.2) is 58.7 Å².